The van der Waals surface area contributed by atoms with Gasteiger partial charge in [-0.1, -0.05) is 0 Å². The molecule has 0 saturated heterocycles. The summed E-state index contributed by atoms with van der Waals surface area (Å²) in [5.74, 6) is 1.95. The minimum atomic E-state index is 0.274. The molecule has 6 heteroatoms. The van der Waals surface area contributed by atoms with E-state index in [1.54, 1.807) is 0 Å². The largest absolute Gasteiger partial charge is 0.486 e. The third kappa shape index (κ3) is 3.76. The van der Waals surface area contributed by atoms with Crippen LogP contribution in [0.2, 0.25) is 0 Å². The van der Waals surface area contributed by atoms with Crippen LogP contribution in [-0.2, 0) is 6.54 Å². The average Bonchev–Trinajstić information content (AvgIpc) is 2.36. The number of ether oxygens (including phenoxy) is 2. The molecular weight excluding hydrogens is 310 g/mol. The fourth-order valence-corrected chi connectivity index (χ4v) is 2.38. The average molecular weight is 328 g/mol. The molecule has 0 unspecified atom stereocenters. The molecule has 1 aliphatic heterocycles. The van der Waals surface area contributed by atoms with Gasteiger partial charge in [0.25, 0.3) is 0 Å². The van der Waals surface area contributed by atoms with Crippen LogP contribution in [0.5, 0.6) is 11.5 Å². The SMILES string of the molecule is CC(C)NC(N)=NCc1cc(Br)c2c(c1)OCCO2. The molecule has 0 saturated carbocycles. The van der Waals surface area contributed by atoms with Crippen molar-refractivity contribution in [3.05, 3.63) is 22.2 Å². The molecule has 0 spiro atoms. The van der Waals surface area contributed by atoms with Crippen molar-refractivity contribution in [2.45, 2.75) is 26.4 Å². The fraction of sp³-hybridized carbons (Fsp3) is 0.462. The number of nitrogens with two attached hydrogens (primary N) is 1. The molecule has 19 heavy (non-hydrogen) atoms. The molecule has 104 valence electrons. The summed E-state index contributed by atoms with van der Waals surface area (Å²) < 4.78 is 12.0. The lowest BCUT2D eigenvalue weighted by atomic mass is 10.2. The predicted molar refractivity (Wildman–Crippen MR) is 78.7 cm³/mol. The minimum Gasteiger partial charge on any atom is -0.486 e. The summed E-state index contributed by atoms with van der Waals surface area (Å²) >= 11 is 3.48. The van der Waals surface area contributed by atoms with Crippen LogP contribution in [0.1, 0.15) is 19.4 Å². The molecule has 0 bridgehead atoms. The maximum Gasteiger partial charge on any atom is 0.189 e. The molecule has 1 heterocycles. The van der Waals surface area contributed by atoms with E-state index in [1.807, 2.05) is 26.0 Å². The number of halogens is 1. The quantitative estimate of drug-likeness (QED) is 0.658. The number of aliphatic imine (C=N–C) groups is 1. The van der Waals surface area contributed by atoms with E-state index in [9.17, 15) is 0 Å². The third-order valence-corrected chi connectivity index (χ3v) is 3.11. The Bertz CT molecular complexity index is 489. The Hall–Kier alpha value is -1.43. The van der Waals surface area contributed by atoms with Gasteiger partial charge in [0.15, 0.2) is 17.5 Å². The second-order valence-corrected chi connectivity index (χ2v) is 5.46. The van der Waals surface area contributed by atoms with Crippen LogP contribution in [-0.4, -0.2) is 25.2 Å². The normalized spacial score (nSPS) is 14.6. The lowest BCUT2D eigenvalue weighted by Gasteiger charge is -2.20. The smallest absolute Gasteiger partial charge is 0.189 e. The first-order chi connectivity index (χ1) is 9.06. The van der Waals surface area contributed by atoms with Crippen LogP contribution in [0, 0.1) is 0 Å². The van der Waals surface area contributed by atoms with E-state index in [0.717, 1.165) is 21.5 Å². The van der Waals surface area contributed by atoms with Gasteiger partial charge in [0.1, 0.15) is 13.2 Å². The molecule has 5 nitrogen and oxygen atoms in total. The van der Waals surface area contributed by atoms with Crippen LogP contribution in [0.4, 0.5) is 0 Å². The van der Waals surface area contributed by atoms with Crippen LogP contribution in [0.3, 0.4) is 0 Å². The van der Waals surface area contributed by atoms with Crippen molar-refractivity contribution in [1.29, 1.82) is 0 Å². The molecule has 0 radical (unpaired) electrons. The fourth-order valence-electron chi connectivity index (χ4n) is 1.77. The van der Waals surface area contributed by atoms with Crippen molar-refractivity contribution in [3.63, 3.8) is 0 Å². The number of fused-ring (bicyclic) bond motifs is 1. The molecule has 3 N–H and O–H groups in total. The predicted octanol–water partition coefficient (Wildman–Crippen LogP) is 2.03. The monoisotopic (exact) mass is 327 g/mol. The van der Waals surface area contributed by atoms with E-state index in [0.29, 0.717) is 25.7 Å². The number of hydrogen-bond donors (Lipinski definition) is 2. The zero-order valence-corrected chi connectivity index (χ0v) is 12.7. The molecule has 0 atom stereocenters. The van der Waals surface area contributed by atoms with Gasteiger partial charge in [0, 0.05) is 6.04 Å². The zero-order chi connectivity index (χ0) is 13.8. The standard InChI is InChI=1S/C13H18BrN3O2/c1-8(2)17-13(15)16-7-9-5-10(14)12-11(6-9)18-3-4-19-12/h5-6,8H,3-4,7H2,1-2H3,(H3,15,16,17). The van der Waals surface area contributed by atoms with E-state index in [1.165, 1.54) is 0 Å². The topological polar surface area (TPSA) is 68.9 Å². The van der Waals surface area contributed by atoms with Gasteiger partial charge >= 0.3 is 0 Å². The van der Waals surface area contributed by atoms with Gasteiger partial charge in [0.2, 0.25) is 0 Å². The van der Waals surface area contributed by atoms with Crippen molar-refractivity contribution >= 4 is 21.9 Å². The number of benzene rings is 1. The Morgan fingerprint density at radius 1 is 1.42 bits per heavy atom. The molecular formula is C13H18BrN3O2. The summed E-state index contributed by atoms with van der Waals surface area (Å²) in [7, 11) is 0. The van der Waals surface area contributed by atoms with Gasteiger partial charge < -0.3 is 20.5 Å². The maximum atomic E-state index is 5.77. The Morgan fingerprint density at radius 3 is 2.89 bits per heavy atom. The first-order valence-corrected chi connectivity index (χ1v) is 7.00. The Balaban J connectivity index is 2.11. The highest BCUT2D eigenvalue weighted by Gasteiger charge is 2.16. The Kier molecular flexibility index (Phi) is 4.52. The van der Waals surface area contributed by atoms with Crippen molar-refractivity contribution in [3.8, 4) is 11.5 Å². The van der Waals surface area contributed by atoms with Crippen molar-refractivity contribution in [2.75, 3.05) is 13.2 Å². The second-order valence-electron chi connectivity index (χ2n) is 4.60. The van der Waals surface area contributed by atoms with E-state index in [4.69, 9.17) is 15.2 Å². The summed E-state index contributed by atoms with van der Waals surface area (Å²) in [6.45, 7) is 5.68. The van der Waals surface area contributed by atoms with E-state index >= 15 is 0 Å². The first-order valence-electron chi connectivity index (χ1n) is 6.20. The van der Waals surface area contributed by atoms with Crippen LogP contribution in [0.25, 0.3) is 0 Å². The Morgan fingerprint density at radius 2 is 2.16 bits per heavy atom. The van der Waals surface area contributed by atoms with Crippen molar-refractivity contribution in [2.24, 2.45) is 10.7 Å². The molecule has 1 aromatic rings. The second kappa shape index (κ2) is 6.14. The number of rotatable bonds is 3. The Labute approximate surface area is 121 Å². The summed E-state index contributed by atoms with van der Waals surface area (Å²) in [6, 6.07) is 4.18. The third-order valence-electron chi connectivity index (χ3n) is 2.53. The van der Waals surface area contributed by atoms with E-state index < -0.39 is 0 Å². The van der Waals surface area contributed by atoms with Gasteiger partial charge in [-0.05, 0) is 47.5 Å². The molecule has 0 amide bonds. The summed E-state index contributed by atoms with van der Waals surface area (Å²) in [4.78, 5) is 4.29. The van der Waals surface area contributed by atoms with E-state index in [2.05, 4.69) is 26.2 Å². The summed E-state index contributed by atoms with van der Waals surface area (Å²) in [5.41, 5.74) is 6.79. The summed E-state index contributed by atoms with van der Waals surface area (Å²) in [6.07, 6.45) is 0. The van der Waals surface area contributed by atoms with Crippen molar-refractivity contribution < 1.29 is 9.47 Å². The molecule has 2 rings (SSSR count). The van der Waals surface area contributed by atoms with E-state index in [-0.39, 0.29) is 6.04 Å². The molecule has 0 aliphatic carbocycles. The van der Waals surface area contributed by atoms with Gasteiger partial charge in [-0.3, -0.25) is 0 Å². The van der Waals surface area contributed by atoms with Crippen LogP contribution >= 0.6 is 15.9 Å². The molecule has 0 fully saturated rings. The lowest BCUT2D eigenvalue weighted by Crippen LogP contribution is -2.36. The molecule has 0 aromatic heterocycles. The first kappa shape index (κ1) is 14.0. The highest BCUT2D eigenvalue weighted by Crippen LogP contribution is 2.38. The highest BCUT2D eigenvalue weighted by atomic mass is 79.9. The number of nitrogens with zero attached hydrogens (tertiary/aromatic N) is 1. The van der Waals surface area contributed by atoms with Crippen LogP contribution < -0.4 is 20.5 Å². The minimum absolute atomic E-state index is 0.274. The highest BCUT2D eigenvalue weighted by molar-refractivity contribution is 9.10. The molecule has 1 aromatic carbocycles. The van der Waals surface area contributed by atoms with Crippen LogP contribution in [0.15, 0.2) is 21.6 Å². The number of guanidine groups is 1. The van der Waals surface area contributed by atoms with Gasteiger partial charge in [-0.25, -0.2) is 4.99 Å². The van der Waals surface area contributed by atoms with Crippen molar-refractivity contribution in [1.82, 2.24) is 5.32 Å². The summed E-state index contributed by atoms with van der Waals surface area (Å²) in [5, 5.41) is 3.05. The zero-order valence-electron chi connectivity index (χ0n) is 11.1. The lowest BCUT2D eigenvalue weighted by molar-refractivity contribution is 0.170. The number of hydrogen-bond acceptors (Lipinski definition) is 3. The van der Waals surface area contributed by atoms with Gasteiger partial charge in [-0.2, -0.15) is 0 Å². The molecule has 1 aliphatic rings. The maximum absolute atomic E-state index is 5.77. The van der Waals surface area contributed by atoms with Gasteiger partial charge in [0.05, 0.1) is 11.0 Å². The number of nitrogens with one attached hydrogen (secondary N) is 1. The van der Waals surface area contributed by atoms with Gasteiger partial charge in [-0.15, -0.1) is 0 Å².